The van der Waals surface area contributed by atoms with Crippen molar-refractivity contribution in [1.29, 1.82) is 0 Å². The minimum absolute atomic E-state index is 0.629. The van der Waals surface area contributed by atoms with E-state index in [0.29, 0.717) is 5.88 Å². The number of unbranched alkanes of at least 4 members (excludes halogenated alkanes) is 1. The highest BCUT2D eigenvalue weighted by Gasteiger charge is 1.99. The van der Waals surface area contributed by atoms with Crippen molar-refractivity contribution in [3.63, 3.8) is 0 Å². The maximum absolute atomic E-state index is 5.84. The van der Waals surface area contributed by atoms with Crippen molar-refractivity contribution in [3.8, 4) is 0 Å². The monoisotopic (exact) mass is 260 g/mol. The van der Waals surface area contributed by atoms with E-state index < -0.39 is 0 Å². The lowest BCUT2D eigenvalue weighted by Crippen LogP contribution is -1.91. The quantitative estimate of drug-likeness (QED) is 0.552. The van der Waals surface area contributed by atoms with Gasteiger partial charge >= 0.3 is 0 Å². The van der Waals surface area contributed by atoms with Gasteiger partial charge in [-0.1, -0.05) is 40.2 Å². The van der Waals surface area contributed by atoms with Crippen LogP contribution in [0, 0.1) is 0 Å². The van der Waals surface area contributed by atoms with Crippen LogP contribution in [0.4, 0.5) is 0 Å². The van der Waals surface area contributed by atoms with Gasteiger partial charge in [-0.3, -0.25) is 0 Å². The van der Waals surface area contributed by atoms with Gasteiger partial charge in [0.1, 0.15) is 0 Å². The fraction of sp³-hybridized carbons (Fsp3) is 0.455. The summed E-state index contributed by atoms with van der Waals surface area (Å²) in [6.45, 7) is 0. The molecule has 0 aliphatic carbocycles. The molecule has 1 rings (SSSR count). The Balaban J connectivity index is 2.54. The fourth-order valence-electron chi connectivity index (χ4n) is 1.34. The number of benzene rings is 1. The number of hydrogen-bond acceptors (Lipinski definition) is 0. The van der Waals surface area contributed by atoms with Crippen molar-refractivity contribution >= 4 is 27.5 Å². The van der Waals surface area contributed by atoms with Crippen LogP contribution < -0.4 is 0 Å². The molecular formula is C11H14BrCl. The summed E-state index contributed by atoms with van der Waals surface area (Å²) in [6, 6.07) is 8.41. The summed E-state index contributed by atoms with van der Waals surface area (Å²) in [4.78, 5) is 0. The number of rotatable bonds is 5. The lowest BCUT2D eigenvalue weighted by Gasteiger charge is -2.05. The Bertz CT molecular complexity index is 248. The number of alkyl halides is 2. The number of hydrogen-bond donors (Lipinski definition) is 0. The van der Waals surface area contributed by atoms with Crippen LogP contribution in [0.2, 0.25) is 0 Å². The van der Waals surface area contributed by atoms with Crippen LogP contribution in [0.25, 0.3) is 0 Å². The van der Waals surface area contributed by atoms with Crippen molar-refractivity contribution in [3.05, 3.63) is 35.4 Å². The lowest BCUT2D eigenvalue weighted by molar-refractivity contribution is 0.801. The molecular weight excluding hydrogens is 247 g/mol. The maximum atomic E-state index is 5.84. The van der Waals surface area contributed by atoms with Crippen molar-refractivity contribution < 1.29 is 0 Å². The Labute approximate surface area is 93.4 Å². The van der Waals surface area contributed by atoms with E-state index in [1.54, 1.807) is 0 Å². The summed E-state index contributed by atoms with van der Waals surface area (Å²) in [5.74, 6) is 0.629. The van der Waals surface area contributed by atoms with Crippen LogP contribution in [0.1, 0.15) is 24.0 Å². The van der Waals surface area contributed by atoms with Gasteiger partial charge < -0.3 is 0 Å². The largest absolute Gasteiger partial charge is 0.122 e. The van der Waals surface area contributed by atoms with Gasteiger partial charge in [0.2, 0.25) is 0 Å². The Hall–Kier alpha value is -0.0100. The molecule has 72 valence electrons. The Morgan fingerprint density at radius 2 is 1.77 bits per heavy atom. The highest BCUT2D eigenvalue weighted by atomic mass is 79.9. The molecule has 0 radical (unpaired) electrons. The van der Waals surface area contributed by atoms with E-state index in [1.807, 2.05) is 6.07 Å². The molecule has 0 nitrogen and oxygen atoms in total. The molecule has 0 unspecified atom stereocenters. The van der Waals surface area contributed by atoms with E-state index >= 15 is 0 Å². The van der Waals surface area contributed by atoms with Gasteiger partial charge in [-0.2, -0.15) is 0 Å². The normalized spacial score (nSPS) is 10.3. The summed E-state index contributed by atoms with van der Waals surface area (Å²) in [5.41, 5.74) is 2.68. The molecule has 0 saturated heterocycles. The first-order valence-electron chi connectivity index (χ1n) is 4.57. The molecule has 0 spiro atoms. The van der Waals surface area contributed by atoms with Crippen LogP contribution in [0.5, 0.6) is 0 Å². The third kappa shape index (κ3) is 3.70. The second-order valence-electron chi connectivity index (χ2n) is 3.05. The SMILES string of the molecule is ClCc1ccccc1CCCCBr. The Kier molecular flexibility index (Phi) is 5.49. The van der Waals surface area contributed by atoms with Crippen molar-refractivity contribution in [2.75, 3.05) is 5.33 Å². The average Bonchev–Trinajstić information content (AvgIpc) is 2.19. The number of halogens is 2. The first-order chi connectivity index (χ1) is 6.38. The first kappa shape index (κ1) is 11.1. The predicted octanol–water partition coefficient (Wildman–Crippen LogP) is 4.14. The Morgan fingerprint density at radius 3 is 2.38 bits per heavy atom. The summed E-state index contributed by atoms with van der Waals surface area (Å²) in [5, 5.41) is 1.09. The molecule has 0 heterocycles. The lowest BCUT2D eigenvalue weighted by atomic mass is 10.0. The van der Waals surface area contributed by atoms with Gasteiger partial charge in [-0.15, -0.1) is 11.6 Å². The second kappa shape index (κ2) is 6.44. The maximum Gasteiger partial charge on any atom is 0.0476 e. The van der Waals surface area contributed by atoms with Crippen molar-refractivity contribution in [2.45, 2.75) is 25.1 Å². The molecule has 0 aliphatic heterocycles. The van der Waals surface area contributed by atoms with Crippen LogP contribution in [-0.4, -0.2) is 5.33 Å². The van der Waals surface area contributed by atoms with E-state index in [1.165, 1.54) is 24.0 Å². The molecule has 2 heteroatoms. The van der Waals surface area contributed by atoms with Gasteiger partial charge in [0.25, 0.3) is 0 Å². The van der Waals surface area contributed by atoms with E-state index in [9.17, 15) is 0 Å². The summed E-state index contributed by atoms with van der Waals surface area (Å²) in [6.07, 6.45) is 3.62. The highest BCUT2D eigenvalue weighted by molar-refractivity contribution is 9.09. The third-order valence-corrected chi connectivity index (χ3v) is 2.94. The van der Waals surface area contributed by atoms with Crippen LogP contribution in [0.3, 0.4) is 0 Å². The van der Waals surface area contributed by atoms with E-state index in [4.69, 9.17) is 11.6 Å². The minimum atomic E-state index is 0.629. The standard InChI is InChI=1S/C11H14BrCl/c12-8-4-3-6-10-5-1-2-7-11(10)9-13/h1-2,5,7H,3-4,6,8-9H2. The van der Waals surface area contributed by atoms with Gasteiger partial charge in [-0.05, 0) is 30.4 Å². The summed E-state index contributed by atoms with van der Waals surface area (Å²) in [7, 11) is 0. The highest BCUT2D eigenvalue weighted by Crippen LogP contribution is 2.14. The molecule has 0 aliphatic rings. The van der Waals surface area contributed by atoms with Gasteiger partial charge in [0, 0.05) is 11.2 Å². The zero-order chi connectivity index (χ0) is 9.52. The fourth-order valence-corrected chi connectivity index (χ4v) is 2.00. The molecule has 1 aromatic rings. The molecule has 0 atom stereocenters. The summed E-state index contributed by atoms with van der Waals surface area (Å²) >= 11 is 9.27. The Morgan fingerprint density at radius 1 is 1.08 bits per heavy atom. The molecule has 0 bridgehead atoms. The van der Waals surface area contributed by atoms with E-state index in [-0.39, 0.29) is 0 Å². The van der Waals surface area contributed by atoms with E-state index in [0.717, 1.165) is 11.8 Å². The molecule has 0 fully saturated rings. The minimum Gasteiger partial charge on any atom is -0.122 e. The number of aryl methyl sites for hydroxylation is 1. The average molecular weight is 262 g/mol. The van der Waals surface area contributed by atoms with Crippen LogP contribution in [0.15, 0.2) is 24.3 Å². The first-order valence-corrected chi connectivity index (χ1v) is 6.22. The molecule has 0 amide bonds. The second-order valence-corrected chi connectivity index (χ2v) is 4.11. The van der Waals surface area contributed by atoms with Crippen molar-refractivity contribution in [2.24, 2.45) is 0 Å². The molecule has 0 saturated carbocycles. The zero-order valence-electron chi connectivity index (χ0n) is 7.60. The molecule has 13 heavy (non-hydrogen) atoms. The third-order valence-electron chi connectivity index (χ3n) is 2.09. The van der Waals surface area contributed by atoms with Crippen LogP contribution in [-0.2, 0) is 12.3 Å². The van der Waals surface area contributed by atoms with Crippen LogP contribution >= 0.6 is 27.5 Å². The zero-order valence-corrected chi connectivity index (χ0v) is 9.94. The van der Waals surface area contributed by atoms with Gasteiger partial charge in [0.05, 0.1) is 0 Å². The van der Waals surface area contributed by atoms with E-state index in [2.05, 4.69) is 34.1 Å². The molecule has 1 aromatic carbocycles. The van der Waals surface area contributed by atoms with Gasteiger partial charge in [-0.25, -0.2) is 0 Å². The molecule has 0 N–H and O–H groups in total. The van der Waals surface area contributed by atoms with Gasteiger partial charge in [0.15, 0.2) is 0 Å². The van der Waals surface area contributed by atoms with Crippen molar-refractivity contribution in [1.82, 2.24) is 0 Å². The predicted molar refractivity (Wildman–Crippen MR) is 62.7 cm³/mol. The summed E-state index contributed by atoms with van der Waals surface area (Å²) < 4.78 is 0. The smallest absolute Gasteiger partial charge is 0.0476 e. The topological polar surface area (TPSA) is 0 Å². The molecule has 0 aromatic heterocycles.